The zero-order valence-corrected chi connectivity index (χ0v) is 20.3. The molecule has 0 spiro atoms. The largest absolute Gasteiger partial charge is 0.459 e. The Morgan fingerprint density at radius 2 is 1.75 bits per heavy atom. The first-order valence-electron chi connectivity index (χ1n) is 11.3. The lowest BCUT2D eigenvalue weighted by molar-refractivity contribution is -0.218. The topological polar surface area (TPSA) is 120 Å². The Hall–Kier alpha value is -3.69. The third-order valence-corrected chi connectivity index (χ3v) is 6.58. The van der Waals surface area contributed by atoms with Crippen LogP contribution in [0.15, 0.2) is 83.3 Å². The SMILES string of the molecule is CC(=O)O[C@@H]1[C@H](N=[N+]=[N-])[C@@H](OCc2ccccc2)[C@@H](c2cccs2)O[C@@H]1COC(=O)c1ccccc1. The molecule has 36 heavy (non-hydrogen) atoms. The van der Waals surface area contributed by atoms with E-state index in [2.05, 4.69) is 10.0 Å². The quantitative estimate of drug-likeness (QED) is 0.169. The molecule has 1 fully saturated rings. The average molecular weight is 508 g/mol. The lowest BCUT2D eigenvalue weighted by Gasteiger charge is -2.44. The van der Waals surface area contributed by atoms with E-state index in [4.69, 9.17) is 18.9 Å². The van der Waals surface area contributed by atoms with Crippen LogP contribution in [0, 0.1) is 0 Å². The maximum absolute atomic E-state index is 12.6. The van der Waals surface area contributed by atoms with Crippen LogP contribution in [0.3, 0.4) is 0 Å². The third kappa shape index (κ3) is 6.30. The number of hydrogen-bond acceptors (Lipinski definition) is 8. The number of rotatable bonds is 9. The number of esters is 2. The van der Waals surface area contributed by atoms with Gasteiger partial charge in [-0.3, -0.25) is 4.79 Å². The lowest BCUT2D eigenvalue weighted by Crippen LogP contribution is -2.57. The number of ether oxygens (including phenoxy) is 4. The summed E-state index contributed by atoms with van der Waals surface area (Å²) in [7, 11) is 0. The van der Waals surface area contributed by atoms with Crippen LogP contribution < -0.4 is 0 Å². The van der Waals surface area contributed by atoms with Crippen molar-refractivity contribution in [1.29, 1.82) is 0 Å². The summed E-state index contributed by atoms with van der Waals surface area (Å²) in [5.41, 5.74) is 10.7. The van der Waals surface area contributed by atoms with Gasteiger partial charge in [-0.25, -0.2) is 4.79 Å². The maximum Gasteiger partial charge on any atom is 0.338 e. The minimum atomic E-state index is -1.03. The number of hydrogen-bond donors (Lipinski definition) is 0. The van der Waals surface area contributed by atoms with Crippen molar-refractivity contribution in [1.82, 2.24) is 0 Å². The second-order valence-electron chi connectivity index (χ2n) is 8.11. The van der Waals surface area contributed by atoms with Crippen LogP contribution in [0.5, 0.6) is 0 Å². The second-order valence-corrected chi connectivity index (χ2v) is 9.09. The van der Waals surface area contributed by atoms with Crippen molar-refractivity contribution in [2.24, 2.45) is 5.11 Å². The van der Waals surface area contributed by atoms with Crippen molar-refractivity contribution >= 4 is 23.3 Å². The summed E-state index contributed by atoms with van der Waals surface area (Å²) < 4.78 is 23.7. The van der Waals surface area contributed by atoms with Gasteiger partial charge in [-0.05, 0) is 34.7 Å². The zero-order valence-electron chi connectivity index (χ0n) is 19.5. The summed E-state index contributed by atoms with van der Waals surface area (Å²) in [6.45, 7) is 1.27. The Morgan fingerprint density at radius 1 is 1.03 bits per heavy atom. The molecule has 4 rings (SSSR count). The van der Waals surface area contributed by atoms with Gasteiger partial charge in [0, 0.05) is 16.7 Å². The van der Waals surface area contributed by atoms with E-state index in [0.29, 0.717) is 5.56 Å². The monoisotopic (exact) mass is 507 g/mol. The normalized spacial score (nSPS) is 23.3. The summed E-state index contributed by atoms with van der Waals surface area (Å²) in [5, 5.41) is 5.87. The van der Waals surface area contributed by atoms with Gasteiger partial charge in [0.25, 0.3) is 0 Å². The molecule has 3 aromatic rings. The first kappa shape index (κ1) is 25.4. The summed E-state index contributed by atoms with van der Waals surface area (Å²) in [4.78, 5) is 28.4. The van der Waals surface area contributed by atoms with E-state index in [0.717, 1.165) is 10.4 Å². The van der Waals surface area contributed by atoms with Crippen LogP contribution in [0.25, 0.3) is 10.4 Å². The van der Waals surface area contributed by atoms with Crippen LogP contribution >= 0.6 is 11.3 Å². The molecule has 0 radical (unpaired) electrons. The fraction of sp³-hybridized carbons (Fsp3) is 0.308. The highest BCUT2D eigenvalue weighted by atomic mass is 32.1. The van der Waals surface area contributed by atoms with Gasteiger partial charge in [-0.2, -0.15) is 0 Å². The fourth-order valence-electron chi connectivity index (χ4n) is 4.04. The summed E-state index contributed by atoms with van der Waals surface area (Å²) in [6, 6.07) is 20.9. The number of nitrogens with zero attached hydrogens (tertiary/aromatic N) is 3. The highest BCUT2D eigenvalue weighted by molar-refractivity contribution is 7.10. The average Bonchev–Trinajstić information content (AvgIpc) is 3.43. The molecule has 1 aromatic heterocycles. The molecule has 0 amide bonds. The van der Waals surface area contributed by atoms with Crippen molar-refractivity contribution in [2.45, 2.75) is 44.0 Å². The highest BCUT2D eigenvalue weighted by Crippen LogP contribution is 2.39. The number of benzene rings is 2. The molecule has 0 aliphatic carbocycles. The molecule has 0 saturated carbocycles. The summed E-state index contributed by atoms with van der Waals surface area (Å²) >= 11 is 1.46. The molecule has 10 heteroatoms. The van der Waals surface area contributed by atoms with E-state index in [9.17, 15) is 15.1 Å². The van der Waals surface area contributed by atoms with Crippen LogP contribution in [0.2, 0.25) is 0 Å². The molecule has 0 N–H and O–H groups in total. The predicted molar refractivity (Wildman–Crippen MR) is 132 cm³/mol. The molecule has 2 heterocycles. The number of azide groups is 1. The number of thiophene rings is 1. The van der Waals surface area contributed by atoms with E-state index in [-0.39, 0.29) is 13.2 Å². The van der Waals surface area contributed by atoms with Gasteiger partial charge in [0.15, 0.2) is 0 Å². The number of carbonyl (C=O) groups excluding carboxylic acids is 2. The first-order valence-corrected chi connectivity index (χ1v) is 12.2. The van der Waals surface area contributed by atoms with Gasteiger partial charge in [0.1, 0.15) is 37.1 Å². The van der Waals surface area contributed by atoms with Crippen molar-refractivity contribution in [3.05, 3.63) is 105 Å². The molecule has 186 valence electrons. The van der Waals surface area contributed by atoms with Gasteiger partial charge in [-0.15, -0.1) is 11.3 Å². The van der Waals surface area contributed by atoms with Crippen molar-refractivity contribution < 1.29 is 28.5 Å². The zero-order chi connectivity index (χ0) is 25.3. The smallest absolute Gasteiger partial charge is 0.338 e. The van der Waals surface area contributed by atoms with Crippen LogP contribution in [-0.2, 0) is 30.3 Å². The molecule has 0 unspecified atom stereocenters. The van der Waals surface area contributed by atoms with Crippen LogP contribution in [-0.4, -0.2) is 42.9 Å². The molecule has 0 bridgehead atoms. The Bertz CT molecular complexity index is 1180. The van der Waals surface area contributed by atoms with Gasteiger partial charge >= 0.3 is 11.9 Å². The second kappa shape index (κ2) is 12.3. The van der Waals surface area contributed by atoms with Gasteiger partial charge in [0.2, 0.25) is 0 Å². The van der Waals surface area contributed by atoms with Crippen LogP contribution in [0.4, 0.5) is 0 Å². The van der Waals surface area contributed by atoms with E-state index in [1.807, 2.05) is 47.8 Å². The lowest BCUT2D eigenvalue weighted by atomic mass is 9.92. The number of carbonyl (C=O) groups is 2. The van der Waals surface area contributed by atoms with Gasteiger partial charge in [0.05, 0.1) is 12.2 Å². The summed E-state index contributed by atoms with van der Waals surface area (Å²) in [5.74, 6) is -1.13. The van der Waals surface area contributed by atoms with Gasteiger partial charge < -0.3 is 18.9 Å². The molecule has 9 nitrogen and oxygen atoms in total. The minimum absolute atomic E-state index is 0.212. The Labute approximate surface area is 212 Å². The van der Waals surface area contributed by atoms with E-state index in [1.165, 1.54) is 18.3 Å². The Morgan fingerprint density at radius 3 is 2.39 bits per heavy atom. The molecule has 1 aliphatic rings. The van der Waals surface area contributed by atoms with Crippen molar-refractivity contribution in [2.75, 3.05) is 6.61 Å². The van der Waals surface area contributed by atoms with E-state index < -0.39 is 42.4 Å². The molecular weight excluding hydrogens is 482 g/mol. The first-order chi connectivity index (χ1) is 17.6. The van der Waals surface area contributed by atoms with E-state index >= 15 is 0 Å². The third-order valence-electron chi connectivity index (χ3n) is 5.64. The molecular formula is C26H25N3O6S. The van der Waals surface area contributed by atoms with E-state index in [1.54, 1.807) is 30.3 Å². The summed E-state index contributed by atoms with van der Waals surface area (Å²) in [6.07, 6.45) is -3.32. The van der Waals surface area contributed by atoms with Crippen molar-refractivity contribution in [3.63, 3.8) is 0 Å². The molecule has 1 saturated heterocycles. The molecule has 1 aliphatic heterocycles. The molecule has 2 aromatic carbocycles. The Balaban J connectivity index is 1.62. The predicted octanol–water partition coefficient (Wildman–Crippen LogP) is 5.24. The minimum Gasteiger partial charge on any atom is -0.459 e. The standard InChI is InChI=1S/C26H25N3O6S/c1-17(30)34-23-20(16-33-26(31)19-11-6-3-7-12-19)35-24(21-13-8-14-36-21)25(22(23)28-29-27)32-15-18-9-4-2-5-10-18/h2-14,20,22-25H,15-16H2,1H3/t20-,22+,23+,24-,25-/m1/s1. The van der Waals surface area contributed by atoms with Crippen molar-refractivity contribution in [3.8, 4) is 0 Å². The molecule has 5 atom stereocenters. The highest BCUT2D eigenvalue weighted by Gasteiger charge is 2.49. The maximum atomic E-state index is 12.6. The van der Waals surface area contributed by atoms with Gasteiger partial charge in [-0.1, -0.05) is 59.7 Å². The van der Waals surface area contributed by atoms with Crippen LogP contribution in [0.1, 0.15) is 33.8 Å². The Kier molecular flexibility index (Phi) is 8.70. The fourth-order valence-corrected chi connectivity index (χ4v) is 4.84.